The molecule has 0 aliphatic rings. The van der Waals surface area contributed by atoms with E-state index in [-0.39, 0.29) is 0 Å². The highest BCUT2D eigenvalue weighted by Crippen LogP contribution is 2.40. The maximum Gasteiger partial charge on any atom is 0.0747 e. The summed E-state index contributed by atoms with van der Waals surface area (Å²) in [6.45, 7) is 2.16. The summed E-state index contributed by atoms with van der Waals surface area (Å²) in [6, 6.07) is 34.7. The van der Waals surface area contributed by atoms with Gasteiger partial charge in [0.15, 0.2) is 0 Å². The van der Waals surface area contributed by atoms with Gasteiger partial charge in [-0.15, -0.1) is 0 Å². The zero-order chi connectivity index (χ0) is 20.1. The molecule has 30 heavy (non-hydrogen) atoms. The van der Waals surface area contributed by atoms with E-state index in [9.17, 15) is 0 Å². The molecule has 0 atom stereocenters. The van der Waals surface area contributed by atoms with E-state index in [0.29, 0.717) is 0 Å². The molecule has 0 fully saturated rings. The van der Waals surface area contributed by atoms with E-state index < -0.39 is 0 Å². The van der Waals surface area contributed by atoms with E-state index in [1.165, 1.54) is 44.0 Å². The molecule has 0 saturated carbocycles. The molecule has 2 heteroatoms. The van der Waals surface area contributed by atoms with E-state index in [1.807, 2.05) is 6.20 Å². The number of hydrogen-bond donors (Lipinski definition) is 0. The molecule has 2 heterocycles. The number of nitrogens with zero attached hydrogens (tertiary/aromatic N) is 2. The van der Waals surface area contributed by atoms with Crippen LogP contribution in [0.5, 0.6) is 0 Å². The van der Waals surface area contributed by atoms with Crippen LogP contribution in [0.4, 0.5) is 0 Å². The molecule has 0 amide bonds. The van der Waals surface area contributed by atoms with Crippen LogP contribution in [-0.2, 0) is 0 Å². The van der Waals surface area contributed by atoms with Crippen molar-refractivity contribution in [2.24, 2.45) is 0 Å². The largest absolute Gasteiger partial charge is 0.232 e. The highest BCUT2D eigenvalue weighted by Gasteiger charge is 2.15. The van der Waals surface area contributed by atoms with Gasteiger partial charge in [0.25, 0.3) is 0 Å². The van der Waals surface area contributed by atoms with E-state index in [0.717, 1.165) is 11.0 Å². The zero-order valence-electron chi connectivity index (χ0n) is 16.7. The number of fused-ring (bicyclic) bond motifs is 6. The monoisotopic (exact) mass is 384 g/mol. The molecular weight excluding hydrogens is 364 g/mol. The summed E-state index contributed by atoms with van der Waals surface area (Å²) in [5, 5.41) is 8.40. The molecule has 0 aliphatic heterocycles. The molecule has 0 bridgehead atoms. The minimum absolute atomic E-state index is 1.13. The van der Waals surface area contributed by atoms with Crippen molar-refractivity contribution in [1.82, 2.24) is 9.61 Å². The molecular formula is C28H20N2. The minimum atomic E-state index is 1.13. The molecule has 6 aromatic rings. The van der Waals surface area contributed by atoms with E-state index in [4.69, 9.17) is 0 Å². The quantitative estimate of drug-likeness (QED) is 0.287. The first-order valence-electron chi connectivity index (χ1n) is 10.2. The van der Waals surface area contributed by atoms with Crippen LogP contribution >= 0.6 is 0 Å². The Morgan fingerprint density at radius 2 is 1.37 bits per heavy atom. The lowest BCUT2D eigenvalue weighted by Gasteiger charge is -2.16. The molecule has 2 aromatic heterocycles. The highest BCUT2D eigenvalue weighted by molar-refractivity contribution is 6.18. The third-order valence-electron chi connectivity index (χ3n) is 5.94. The van der Waals surface area contributed by atoms with Gasteiger partial charge < -0.3 is 0 Å². The summed E-state index contributed by atoms with van der Waals surface area (Å²) in [5.41, 5.74) is 8.49. The predicted octanol–water partition coefficient (Wildman–Crippen LogP) is 7.28. The Labute approximate surface area is 175 Å². The van der Waals surface area contributed by atoms with Crippen LogP contribution in [0.1, 0.15) is 5.56 Å². The van der Waals surface area contributed by atoms with Crippen molar-refractivity contribution in [1.29, 1.82) is 0 Å². The third kappa shape index (κ3) is 2.47. The van der Waals surface area contributed by atoms with Crippen LogP contribution in [0.25, 0.3) is 49.4 Å². The van der Waals surface area contributed by atoms with Gasteiger partial charge in [-0.25, -0.2) is 4.52 Å². The Morgan fingerprint density at radius 3 is 2.23 bits per heavy atom. The van der Waals surface area contributed by atoms with Crippen LogP contribution in [0, 0.1) is 6.92 Å². The first-order chi connectivity index (χ1) is 14.8. The van der Waals surface area contributed by atoms with Crippen molar-refractivity contribution >= 4 is 27.2 Å². The molecule has 0 N–H and O–H groups in total. The van der Waals surface area contributed by atoms with Gasteiger partial charge in [0, 0.05) is 10.8 Å². The molecule has 0 aliphatic carbocycles. The Balaban J connectivity index is 1.80. The first kappa shape index (κ1) is 17.0. The van der Waals surface area contributed by atoms with E-state index >= 15 is 0 Å². The number of pyridine rings is 1. The summed E-state index contributed by atoms with van der Waals surface area (Å²) in [7, 11) is 0. The van der Waals surface area contributed by atoms with Crippen molar-refractivity contribution in [3.63, 3.8) is 0 Å². The predicted molar refractivity (Wildman–Crippen MR) is 126 cm³/mol. The molecule has 2 nitrogen and oxygen atoms in total. The second-order valence-corrected chi connectivity index (χ2v) is 7.79. The topological polar surface area (TPSA) is 17.3 Å². The maximum absolute atomic E-state index is 4.65. The lowest BCUT2D eigenvalue weighted by Crippen LogP contribution is -1.95. The minimum Gasteiger partial charge on any atom is -0.232 e. The molecule has 4 aromatic carbocycles. The fraction of sp³-hybridized carbons (Fsp3) is 0.0357. The van der Waals surface area contributed by atoms with Crippen LogP contribution < -0.4 is 0 Å². The number of aryl methyl sites for hydroxylation is 1. The van der Waals surface area contributed by atoms with Crippen molar-refractivity contribution in [3.8, 4) is 22.3 Å². The average molecular weight is 384 g/mol. The maximum atomic E-state index is 4.65. The van der Waals surface area contributed by atoms with Gasteiger partial charge in [0.05, 0.1) is 17.2 Å². The summed E-state index contributed by atoms with van der Waals surface area (Å²) in [6.07, 6.45) is 1.89. The van der Waals surface area contributed by atoms with E-state index in [1.54, 1.807) is 0 Å². The first-order valence-corrected chi connectivity index (χ1v) is 10.2. The molecule has 0 unspecified atom stereocenters. The molecule has 0 radical (unpaired) electrons. The molecule has 6 rings (SSSR count). The molecule has 0 saturated heterocycles. The molecule has 142 valence electrons. The summed E-state index contributed by atoms with van der Waals surface area (Å²) >= 11 is 0. The third-order valence-corrected chi connectivity index (χ3v) is 5.94. The second kappa shape index (κ2) is 6.57. The zero-order valence-corrected chi connectivity index (χ0v) is 16.7. The summed E-state index contributed by atoms with van der Waals surface area (Å²) in [5.74, 6) is 0. The Morgan fingerprint density at radius 1 is 0.600 bits per heavy atom. The van der Waals surface area contributed by atoms with Gasteiger partial charge in [0.2, 0.25) is 0 Å². The lowest BCUT2D eigenvalue weighted by atomic mass is 9.90. The number of hydrogen-bond acceptors (Lipinski definition) is 1. The normalized spacial score (nSPS) is 11.5. The summed E-state index contributed by atoms with van der Waals surface area (Å²) in [4.78, 5) is 0. The van der Waals surface area contributed by atoms with Gasteiger partial charge >= 0.3 is 0 Å². The fourth-order valence-electron chi connectivity index (χ4n) is 4.60. The number of rotatable bonds is 2. The van der Waals surface area contributed by atoms with E-state index in [2.05, 4.69) is 114 Å². The van der Waals surface area contributed by atoms with Crippen LogP contribution in [-0.4, -0.2) is 9.61 Å². The Bertz CT molecular complexity index is 1540. The van der Waals surface area contributed by atoms with Crippen LogP contribution in [0.15, 0.2) is 103 Å². The average Bonchev–Trinajstić information content (AvgIpc) is 3.30. The Kier molecular flexibility index (Phi) is 3.72. The van der Waals surface area contributed by atoms with Gasteiger partial charge in [0.1, 0.15) is 0 Å². The standard InChI is InChI=1S/C28H20N2/c1-19-14-15-23-25(18-19)28-24(12-7-13-27(28)30-26(23)16-17-29-30)22-11-6-5-10-21(22)20-8-3-2-4-9-20/h2-18H,1H3. The lowest BCUT2D eigenvalue weighted by molar-refractivity contribution is 1.01. The van der Waals surface area contributed by atoms with Gasteiger partial charge in [-0.05, 0) is 46.7 Å². The van der Waals surface area contributed by atoms with Crippen molar-refractivity contribution in [3.05, 3.63) is 109 Å². The number of benzene rings is 4. The highest BCUT2D eigenvalue weighted by atomic mass is 15.2. The fourth-order valence-corrected chi connectivity index (χ4v) is 4.60. The van der Waals surface area contributed by atoms with Crippen molar-refractivity contribution < 1.29 is 0 Å². The number of aromatic nitrogens is 2. The van der Waals surface area contributed by atoms with Gasteiger partial charge in [-0.3, -0.25) is 0 Å². The Hall–Kier alpha value is -3.91. The molecule has 0 spiro atoms. The second-order valence-electron chi connectivity index (χ2n) is 7.79. The van der Waals surface area contributed by atoms with Gasteiger partial charge in [-0.2, -0.15) is 5.10 Å². The SMILES string of the molecule is Cc1ccc2c(c1)c1c(-c3ccccc3-c3ccccc3)cccc1n1nccc21. The van der Waals surface area contributed by atoms with Crippen LogP contribution in [0.2, 0.25) is 0 Å². The van der Waals surface area contributed by atoms with Gasteiger partial charge in [-0.1, -0.05) is 90.5 Å². The van der Waals surface area contributed by atoms with Crippen molar-refractivity contribution in [2.45, 2.75) is 6.92 Å². The van der Waals surface area contributed by atoms with Crippen LogP contribution in [0.3, 0.4) is 0 Å². The summed E-state index contributed by atoms with van der Waals surface area (Å²) < 4.78 is 2.07. The van der Waals surface area contributed by atoms with Crippen molar-refractivity contribution in [2.75, 3.05) is 0 Å². The smallest absolute Gasteiger partial charge is 0.0747 e.